The van der Waals surface area contributed by atoms with Crippen molar-refractivity contribution < 1.29 is 0 Å². The van der Waals surface area contributed by atoms with Crippen LogP contribution >= 0.6 is 0 Å². The van der Waals surface area contributed by atoms with Crippen molar-refractivity contribution >= 4 is 5.69 Å². The molecule has 0 amide bonds. The fourth-order valence-corrected chi connectivity index (χ4v) is 1.89. The molecule has 0 aliphatic rings. The van der Waals surface area contributed by atoms with E-state index in [2.05, 4.69) is 23.4 Å². The molecular formula is C15H18N4. The number of hydrogen-bond donors (Lipinski definition) is 1. The quantitative estimate of drug-likeness (QED) is 0.890. The van der Waals surface area contributed by atoms with Crippen molar-refractivity contribution in [2.75, 3.05) is 5.32 Å². The molecule has 98 valence electrons. The maximum absolute atomic E-state index is 9.28. The minimum absolute atomic E-state index is 0.367. The molecule has 0 aliphatic carbocycles. The van der Waals surface area contributed by atoms with Crippen molar-refractivity contribution in [1.82, 2.24) is 9.78 Å². The number of benzene rings is 1. The number of aryl methyl sites for hydroxylation is 2. The highest BCUT2D eigenvalue weighted by atomic mass is 15.3. The van der Waals surface area contributed by atoms with Crippen LogP contribution in [-0.2, 0) is 6.54 Å². The minimum atomic E-state index is -0.367. The van der Waals surface area contributed by atoms with Gasteiger partial charge in [-0.1, -0.05) is 24.6 Å². The number of rotatable bonds is 5. The van der Waals surface area contributed by atoms with Crippen molar-refractivity contribution in [2.45, 2.75) is 32.9 Å². The largest absolute Gasteiger partial charge is 0.366 e. The fourth-order valence-electron chi connectivity index (χ4n) is 1.89. The first kappa shape index (κ1) is 13.2. The molecule has 1 unspecified atom stereocenters. The van der Waals surface area contributed by atoms with E-state index in [1.807, 2.05) is 42.1 Å². The number of nitriles is 1. The molecular weight excluding hydrogens is 236 g/mol. The summed E-state index contributed by atoms with van der Waals surface area (Å²) in [6.45, 7) is 5.02. The summed E-state index contributed by atoms with van der Waals surface area (Å²) in [4.78, 5) is 0. The Morgan fingerprint density at radius 2 is 2.11 bits per heavy atom. The van der Waals surface area contributed by atoms with Gasteiger partial charge in [0.15, 0.2) is 0 Å². The lowest BCUT2D eigenvalue weighted by atomic mass is 10.1. The number of nitrogens with zero attached hydrogens (tertiary/aromatic N) is 3. The van der Waals surface area contributed by atoms with Gasteiger partial charge < -0.3 is 5.32 Å². The van der Waals surface area contributed by atoms with E-state index in [1.54, 1.807) is 6.20 Å². The molecule has 4 nitrogen and oxygen atoms in total. The van der Waals surface area contributed by atoms with Gasteiger partial charge in [0.1, 0.15) is 6.04 Å². The molecule has 0 radical (unpaired) electrons. The zero-order valence-corrected chi connectivity index (χ0v) is 11.3. The van der Waals surface area contributed by atoms with Gasteiger partial charge in [-0.3, -0.25) is 4.68 Å². The Morgan fingerprint density at radius 1 is 1.37 bits per heavy atom. The van der Waals surface area contributed by atoms with Gasteiger partial charge in [-0.15, -0.1) is 0 Å². The lowest BCUT2D eigenvalue weighted by Crippen LogP contribution is -2.07. The van der Waals surface area contributed by atoms with Crippen LogP contribution in [-0.4, -0.2) is 9.78 Å². The highest BCUT2D eigenvalue weighted by Crippen LogP contribution is 2.19. The second-order valence-corrected chi connectivity index (χ2v) is 4.61. The maximum atomic E-state index is 9.28. The number of nitrogens with one attached hydrogen (secondary N) is 1. The van der Waals surface area contributed by atoms with Gasteiger partial charge >= 0.3 is 0 Å². The SMILES string of the molecule is CCCn1cc(C(C#N)Nc2ccc(C)cc2)cn1. The van der Waals surface area contributed by atoms with Crippen LogP contribution < -0.4 is 5.32 Å². The lowest BCUT2D eigenvalue weighted by molar-refractivity contribution is 0.602. The van der Waals surface area contributed by atoms with Crippen molar-refractivity contribution in [3.05, 3.63) is 47.8 Å². The second kappa shape index (κ2) is 6.05. The first-order valence-electron chi connectivity index (χ1n) is 6.48. The van der Waals surface area contributed by atoms with E-state index >= 15 is 0 Å². The molecule has 1 aromatic carbocycles. The van der Waals surface area contributed by atoms with Crippen molar-refractivity contribution in [3.63, 3.8) is 0 Å². The van der Waals surface area contributed by atoms with Crippen LogP contribution in [0.15, 0.2) is 36.7 Å². The van der Waals surface area contributed by atoms with E-state index in [9.17, 15) is 5.26 Å². The standard InChI is InChI=1S/C15H18N4/c1-3-8-19-11-13(10-17-19)15(9-16)18-14-6-4-12(2)5-7-14/h4-7,10-11,15,18H,3,8H2,1-2H3. The van der Waals surface area contributed by atoms with Gasteiger partial charge in [-0.05, 0) is 25.5 Å². The molecule has 0 fully saturated rings. The molecule has 0 aliphatic heterocycles. The van der Waals surface area contributed by atoms with Gasteiger partial charge in [0.05, 0.1) is 12.3 Å². The van der Waals surface area contributed by atoms with E-state index in [0.717, 1.165) is 24.2 Å². The molecule has 0 bridgehead atoms. The Labute approximate surface area is 113 Å². The summed E-state index contributed by atoms with van der Waals surface area (Å²) in [5, 5.41) is 16.8. The monoisotopic (exact) mass is 254 g/mol. The summed E-state index contributed by atoms with van der Waals surface area (Å²) < 4.78 is 1.87. The summed E-state index contributed by atoms with van der Waals surface area (Å²) in [7, 11) is 0. The van der Waals surface area contributed by atoms with Crippen LogP contribution in [0, 0.1) is 18.3 Å². The Morgan fingerprint density at radius 3 is 2.74 bits per heavy atom. The highest BCUT2D eigenvalue weighted by Gasteiger charge is 2.12. The Bertz CT molecular complexity index is 563. The predicted octanol–water partition coefficient (Wildman–Crippen LogP) is 3.28. The molecule has 0 saturated heterocycles. The van der Waals surface area contributed by atoms with Crippen LogP contribution in [0.4, 0.5) is 5.69 Å². The number of anilines is 1. The van der Waals surface area contributed by atoms with Gasteiger partial charge in [0.2, 0.25) is 0 Å². The summed E-state index contributed by atoms with van der Waals surface area (Å²) in [5.74, 6) is 0. The van der Waals surface area contributed by atoms with Gasteiger partial charge in [0, 0.05) is 24.0 Å². The normalized spacial score (nSPS) is 11.8. The van der Waals surface area contributed by atoms with Crippen LogP contribution in [0.5, 0.6) is 0 Å². The van der Waals surface area contributed by atoms with Crippen LogP contribution in [0.1, 0.15) is 30.5 Å². The topological polar surface area (TPSA) is 53.6 Å². The summed E-state index contributed by atoms with van der Waals surface area (Å²) in [6, 6.07) is 9.92. The number of hydrogen-bond acceptors (Lipinski definition) is 3. The van der Waals surface area contributed by atoms with Gasteiger partial charge in [-0.2, -0.15) is 10.4 Å². The van der Waals surface area contributed by atoms with Gasteiger partial charge in [-0.25, -0.2) is 0 Å². The van der Waals surface area contributed by atoms with E-state index in [1.165, 1.54) is 5.56 Å². The smallest absolute Gasteiger partial charge is 0.143 e. The molecule has 1 heterocycles. The molecule has 1 atom stereocenters. The summed E-state index contributed by atoms with van der Waals surface area (Å²) in [5.41, 5.74) is 3.05. The predicted molar refractivity (Wildman–Crippen MR) is 75.7 cm³/mol. The third kappa shape index (κ3) is 3.35. The minimum Gasteiger partial charge on any atom is -0.366 e. The Balaban J connectivity index is 2.11. The van der Waals surface area contributed by atoms with E-state index in [0.29, 0.717) is 0 Å². The Kier molecular flexibility index (Phi) is 4.19. The lowest BCUT2D eigenvalue weighted by Gasteiger charge is -2.11. The van der Waals surface area contributed by atoms with Gasteiger partial charge in [0.25, 0.3) is 0 Å². The number of aromatic nitrogens is 2. The van der Waals surface area contributed by atoms with E-state index in [4.69, 9.17) is 0 Å². The van der Waals surface area contributed by atoms with E-state index < -0.39 is 0 Å². The molecule has 0 saturated carbocycles. The maximum Gasteiger partial charge on any atom is 0.143 e. The van der Waals surface area contributed by atoms with Crippen molar-refractivity contribution in [1.29, 1.82) is 5.26 Å². The molecule has 0 spiro atoms. The average Bonchev–Trinajstić information content (AvgIpc) is 2.87. The third-order valence-electron chi connectivity index (χ3n) is 2.93. The van der Waals surface area contributed by atoms with Crippen LogP contribution in [0.2, 0.25) is 0 Å². The summed E-state index contributed by atoms with van der Waals surface area (Å²) >= 11 is 0. The summed E-state index contributed by atoms with van der Waals surface area (Å²) in [6.07, 6.45) is 4.72. The van der Waals surface area contributed by atoms with Crippen molar-refractivity contribution in [2.24, 2.45) is 0 Å². The first-order chi connectivity index (χ1) is 9.22. The molecule has 19 heavy (non-hydrogen) atoms. The van der Waals surface area contributed by atoms with Crippen LogP contribution in [0.25, 0.3) is 0 Å². The van der Waals surface area contributed by atoms with E-state index in [-0.39, 0.29) is 6.04 Å². The molecule has 1 N–H and O–H groups in total. The Hall–Kier alpha value is -2.28. The molecule has 4 heteroatoms. The zero-order chi connectivity index (χ0) is 13.7. The molecule has 2 aromatic rings. The first-order valence-corrected chi connectivity index (χ1v) is 6.48. The zero-order valence-electron chi connectivity index (χ0n) is 11.3. The second-order valence-electron chi connectivity index (χ2n) is 4.61. The molecule has 2 rings (SSSR count). The average molecular weight is 254 g/mol. The third-order valence-corrected chi connectivity index (χ3v) is 2.93. The molecule has 1 aromatic heterocycles. The highest BCUT2D eigenvalue weighted by molar-refractivity contribution is 5.48. The fraction of sp³-hybridized carbons (Fsp3) is 0.333. The van der Waals surface area contributed by atoms with Crippen LogP contribution in [0.3, 0.4) is 0 Å². The van der Waals surface area contributed by atoms with Crippen molar-refractivity contribution in [3.8, 4) is 6.07 Å².